The number of nitrogens with one attached hydrogen (secondary N) is 1. The fourth-order valence-electron chi connectivity index (χ4n) is 3.51. The van der Waals surface area contributed by atoms with Gasteiger partial charge in [-0.2, -0.15) is 4.68 Å². The van der Waals surface area contributed by atoms with Gasteiger partial charge in [-0.25, -0.2) is 19.7 Å². The Morgan fingerprint density at radius 2 is 1.68 bits per heavy atom. The molecular formula is C23H24N4O4. The van der Waals surface area contributed by atoms with Crippen LogP contribution < -0.4 is 19.9 Å². The van der Waals surface area contributed by atoms with E-state index in [9.17, 15) is 4.79 Å². The van der Waals surface area contributed by atoms with Crippen LogP contribution in [0.4, 0.5) is 0 Å². The number of methoxy groups -OCH3 is 2. The van der Waals surface area contributed by atoms with Crippen molar-refractivity contribution in [3.8, 4) is 34.2 Å². The summed E-state index contributed by atoms with van der Waals surface area (Å²) in [6, 6.07) is 17.1. The standard InChI is InChI=1S/C23H24N4O4/c1-15-16(17-8-5-6-10-20(17)29-3)12-13-22(24-15)31-14-18-19(9-7-11-21(18)30-4)27-23(28)26(2)25-27/h5-13,25H,14H2,1-4H3. The van der Waals surface area contributed by atoms with Crippen LogP contribution in [-0.2, 0) is 13.7 Å². The monoisotopic (exact) mass is 420 g/mol. The SMILES string of the molecule is COc1ccccc1-c1ccc(OCc2c(OC)cccc2-n2[nH]n(C)c2=O)nc1C. The van der Waals surface area contributed by atoms with Crippen molar-refractivity contribution in [2.45, 2.75) is 13.5 Å². The maximum Gasteiger partial charge on any atom is 0.364 e. The maximum absolute atomic E-state index is 12.1. The fourth-order valence-corrected chi connectivity index (χ4v) is 3.51. The van der Waals surface area contributed by atoms with Gasteiger partial charge in [-0.05, 0) is 31.2 Å². The molecule has 4 aromatic rings. The van der Waals surface area contributed by atoms with E-state index in [0.717, 1.165) is 28.1 Å². The number of aryl methyl sites for hydroxylation is 2. The number of aromatic amines is 1. The molecule has 4 rings (SSSR count). The zero-order valence-electron chi connectivity index (χ0n) is 17.9. The molecule has 0 aliphatic rings. The van der Waals surface area contributed by atoms with Gasteiger partial charge >= 0.3 is 5.69 Å². The lowest BCUT2D eigenvalue weighted by atomic mass is 10.0. The molecule has 2 aromatic heterocycles. The van der Waals surface area contributed by atoms with Crippen molar-refractivity contribution in [1.29, 1.82) is 0 Å². The van der Waals surface area contributed by atoms with E-state index in [2.05, 4.69) is 10.2 Å². The van der Waals surface area contributed by atoms with E-state index in [1.807, 2.05) is 61.5 Å². The zero-order valence-corrected chi connectivity index (χ0v) is 17.9. The van der Waals surface area contributed by atoms with Crippen molar-refractivity contribution in [2.24, 2.45) is 7.05 Å². The molecule has 0 aliphatic carbocycles. The van der Waals surface area contributed by atoms with Crippen molar-refractivity contribution >= 4 is 0 Å². The number of benzene rings is 2. The van der Waals surface area contributed by atoms with Crippen LogP contribution in [0.1, 0.15) is 11.3 Å². The summed E-state index contributed by atoms with van der Waals surface area (Å²) >= 11 is 0. The van der Waals surface area contributed by atoms with Gasteiger partial charge in [0.1, 0.15) is 18.1 Å². The summed E-state index contributed by atoms with van der Waals surface area (Å²) in [7, 11) is 4.90. The number of hydrogen-bond acceptors (Lipinski definition) is 5. The molecule has 8 nitrogen and oxygen atoms in total. The quantitative estimate of drug-likeness (QED) is 0.495. The number of rotatable bonds is 7. The Bertz CT molecular complexity index is 1270. The summed E-state index contributed by atoms with van der Waals surface area (Å²) in [5.74, 6) is 1.90. The van der Waals surface area contributed by atoms with Crippen LogP contribution >= 0.6 is 0 Å². The van der Waals surface area contributed by atoms with Crippen molar-refractivity contribution in [3.63, 3.8) is 0 Å². The highest BCUT2D eigenvalue weighted by Crippen LogP contribution is 2.32. The number of ether oxygens (including phenoxy) is 3. The lowest BCUT2D eigenvalue weighted by Crippen LogP contribution is -2.40. The Morgan fingerprint density at radius 1 is 0.935 bits per heavy atom. The summed E-state index contributed by atoms with van der Waals surface area (Å²) in [6.45, 7) is 2.12. The van der Waals surface area contributed by atoms with E-state index in [4.69, 9.17) is 14.2 Å². The molecule has 0 bridgehead atoms. The molecular weight excluding hydrogens is 396 g/mol. The van der Waals surface area contributed by atoms with Crippen LogP contribution in [0.15, 0.2) is 59.4 Å². The largest absolute Gasteiger partial charge is 0.496 e. The molecule has 0 unspecified atom stereocenters. The van der Waals surface area contributed by atoms with Gasteiger partial charge in [0.25, 0.3) is 0 Å². The normalized spacial score (nSPS) is 10.8. The summed E-state index contributed by atoms with van der Waals surface area (Å²) < 4.78 is 19.8. The van der Waals surface area contributed by atoms with Crippen LogP contribution in [0.25, 0.3) is 16.8 Å². The first-order valence-electron chi connectivity index (χ1n) is 9.77. The van der Waals surface area contributed by atoms with Gasteiger partial charge in [0.05, 0.1) is 25.5 Å². The molecule has 2 aromatic carbocycles. The average Bonchev–Trinajstić information content (AvgIpc) is 2.80. The Morgan fingerprint density at radius 3 is 2.35 bits per heavy atom. The third-order valence-electron chi connectivity index (χ3n) is 5.12. The van der Waals surface area contributed by atoms with E-state index in [-0.39, 0.29) is 12.3 Å². The summed E-state index contributed by atoms with van der Waals surface area (Å²) in [4.78, 5) is 16.8. The second-order valence-electron chi connectivity index (χ2n) is 7.01. The Balaban J connectivity index is 1.62. The van der Waals surface area contributed by atoms with E-state index < -0.39 is 0 Å². The average molecular weight is 420 g/mol. The third-order valence-corrected chi connectivity index (χ3v) is 5.12. The molecule has 0 spiro atoms. The van der Waals surface area contributed by atoms with Crippen LogP contribution in [-0.4, -0.2) is 33.8 Å². The lowest BCUT2D eigenvalue weighted by molar-refractivity contribution is 0.283. The Labute approximate surface area is 179 Å². The van der Waals surface area contributed by atoms with Gasteiger partial charge in [-0.15, -0.1) is 0 Å². The molecule has 2 heterocycles. The van der Waals surface area contributed by atoms with Crippen molar-refractivity contribution in [3.05, 3.63) is 76.3 Å². The second kappa shape index (κ2) is 8.43. The van der Waals surface area contributed by atoms with Crippen LogP contribution in [0, 0.1) is 6.92 Å². The van der Waals surface area contributed by atoms with E-state index in [0.29, 0.717) is 17.3 Å². The first kappa shape index (κ1) is 20.3. The Kier molecular flexibility index (Phi) is 5.53. The number of para-hydroxylation sites is 1. The molecule has 0 saturated carbocycles. The number of nitrogens with zero attached hydrogens (tertiary/aromatic N) is 3. The van der Waals surface area contributed by atoms with E-state index >= 15 is 0 Å². The highest BCUT2D eigenvalue weighted by Gasteiger charge is 2.17. The molecule has 0 saturated heterocycles. The smallest absolute Gasteiger partial charge is 0.364 e. The number of H-pyrrole nitrogens is 1. The first-order valence-corrected chi connectivity index (χ1v) is 9.77. The highest BCUT2D eigenvalue weighted by atomic mass is 16.5. The van der Waals surface area contributed by atoms with Gasteiger partial charge in [-0.3, -0.25) is 0 Å². The molecule has 1 N–H and O–H groups in total. The minimum Gasteiger partial charge on any atom is -0.496 e. The van der Waals surface area contributed by atoms with Crippen LogP contribution in [0.5, 0.6) is 17.4 Å². The van der Waals surface area contributed by atoms with Crippen LogP contribution in [0.3, 0.4) is 0 Å². The van der Waals surface area contributed by atoms with Gasteiger partial charge < -0.3 is 14.2 Å². The molecule has 0 fully saturated rings. The second-order valence-corrected chi connectivity index (χ2v) is 7.01. The topological polar surface area (TPSA) is 83.3 Å². The zero-order chi connectivity index (χ0) is 22.0. The highest BCUT2D eigenvalue weighted by molar-refractivity contribution is 5.72. The summed E-state index contributed by atoms with van der Waals surface area (Å²) in [5, 5.41) is 2.92. The minimum atomic E-state index is -0.162. The lowest BCUT2D eigenvalue weighted by Gasteiger charge is -2.19. The van der Waals surface area contributed by atoms with E-state index in [1.54, 1.807) is 21.3 Å². The fraction of sp³-hybridized carbons (Fsp3) is 0.217. The maximum atomic E-state index is 12.1. The van der Waals surface area contributed by atoms with Crippen molar-refractivity contribution in [2.75, 3.05) is 14.2 Å². The molecule has 0 amide bonds. The number of aromatic nitrogens is 4. The molecule has 0 radical (unpaired) electrons. The minimum absolute atomic E-state index is 0.162. The predicted molar refractivity (Wildman–Crippen MR) is 117 cm³/mol. The molecule has 160 valence electrons. The molecule has 0 atom stereocenters. The molecule has 8 heteroatoms. The first-order chi connectivity index (χ1) is 15.0. The van der Waals surface area contributed by atoms with E-state index in [1.165, 1.54) is 9.36 Å². The van der Waals surface area contributed by atoms with Gasteiger partial charge in [0.15, 0.2) is 0 Å². The number of pyridine rings is 1. The van der Waals surface area contributed by atoms with Gasteiger partial charge in [0, 0.05) is 29.9 Å². The summed E-state index contributed by atoms with van der Waals surface area (Å²) in [6.07, 6.45) is 0. The summed E-state index contributed by atoms with van der Waals surface area (Å²) in [5.41, 5.74) is 4.02. The van der Waals surface area contributed by atoms with Crippen LogP contribution in [0.2, 0.25) is 0 Å². The molecule has 0 aliphatic heterocycles. The Hall–Kier alpha value is -3.94. The van der Waals surface area contributed by atoms with Gasteiger partial charge in [0.2, 0.25) is 5.88 Å². The number of hydrogen-bond donors (Lipinski definition) is 1. The third kappa shape index (κ3) is 3.79. The molecule has 31 heavy (non-hydrogen) atoms. The predicted octanol–water partition coefficient (Wildman–Crippen LogP) is 3.47. The van der Waals surface area contributed by atoms with Crippen molar-refractivity contribution < 1.29 is 14.2 Å². The van der Waals surface area contributed by atoms with Crippen molar-refractivity contribution in [1.82, 2.24) is 19.6 Å². The van der Waals surface area contributed by atoms with Gasteiger partial charge in [-0.1, -0.05) is 24.3 Å².